The Morgan fingerprint density at radius 2 is 1.75 bits per heavy atom. The van der Waals surface area contributed by atoms with Crippen molar-refractivity contribution in [3.05, 3.63) is 29.8 Å². The zero-order valence-electron chi connectivity index (χ0n) is 7.66. The largest absolute Gasteiger partial charge is 0.294 e. The number of benzene rings is 1. The summed E-state index contributed by atoms with van der Waals surface area (Å²) in [5, 5.41) is 0. The van der Waals surface area contributed by atoms with Crippen molar-refractivity contribution in [3.8, 4) is 0 Å². The van der Waals surface area contributed by atoms with E-state index in [9.17, 15) is 4.79 Å². The van der Waals surface area contributed by atoms with Crippen molar-refractivity contribution in [3.63, 3.8) is 0 Å². The van der Waals surface area contributed by atoms with Gasteiger partial charge in [0, 0.05) is 10.5 Å². The maximum Gasteiger partial charge on any atom is 0.160 e. The van der Waals surface area contributed by atoms with Crippen molar-refractivity contribution in [2.75, 3.05) is 0 Å². The zero-order chi connectivity index (χ0) is 9.56. The van der Waals surface area contributed by atoms with Crippen LogP contribution in [0.5, 0.6) is 0 Å². The molecule has 1 aromatic carbocycles. The minimum absolute atomic E-state index is 0.0607. The van der Waals surface area contributed by atoms with Crippen molar-refractivity contribution >= 4 is 18.4 Å². The first-order valence-electron chi connectivity index (χ1n) is 4.01. The molecule has 0 unspecified atom stereocenters. The summed E-state index contributed by atoms with van der Waals surface area (Å²) in [5.41, 5.74) is 0.686. The van der Waals surface area contributed by atoms with E-state index in [2.05, 4.69) is 12.6 Å². The van der Waals surface area contributed by atoms with Gasteiger partial charge >= 0.3 is 0 Å². The molecule has 0 N–H and O–H groups in total. The highest BCUT2D eigenvalue weighted by molar-refractivity contribution is 7.80. The monoisotopic (exact) mass is 182 g/mol. The number of ketones is 1. The van der Waals surface area contributed by atoms with Gasteiger partial charge in [0.1, 0.15) is 0 Å². The molecule has 1 rings (SSSR count). The Morgan fingerprint density at radius 1 is 1.25 bits per heavy atom. The molecule has 1 aromatic rings. The van der Waals surface area contributed by atoms with Crippen LogP contribution < -0.4 is 0 Å². The van der Waals surface area contributed by atoms with E-state index in [4.69, 9.17) is 0 Å². The van der Waals surface area contributed by atoms with Crippen molar-refractivity contribution in [1.82, 2.24) is 0 Å². The Kier molecular flexibility index (Phi) is 5.47. The molecule has 12 heavy (non-hydrogen) atoms. The van der Waals surface area contributed by atoms with E-state index in [0.717, 1.165) is 4.90 Å². The van der Waals surface area contributed by atoms with Gasteiger partial charge in [0.05, 0.1) is 0 Å². The molecule has 2 heteroatoms. The number of hydrogen-bond acceptors (Lipinski definition) is 2. The van der Waals surface area contributed by atoms with Crippen LogP contribution in [0.3, 0.4) is 0 Å². The number of rotatable bonds is 1. The van der Waals surface area contributed by atoms with Gasteiger partial charge in [0.15, 0.2) is 5.78 Å². The average molecular weight is 182 g/mol. The van der Waals surface area contributed by atoms with Gasteiger partial charge < -0.3 is 0 Å². The molecular formula is C10H14OS. The van der Waals surface area contributed by atoms with Crippen LogP contribution in [0.2, 0.25) is 0 Å². The van der Waals surface area contributed by atoms with E-state index in [1.165, 1.54) is 6.92 Å². The highest BCUT2D eigenvalue weighted by atomic mass is 32.1. The molecule has 0 saturated heterocycles. The van der Waals surface area contributed by atoms with E-state index in [-0.39, 0.29) is 5.78 Å². The first-order valence-corrected chi connectivity index (χ1v) is 4.45. The van der Waals surface area contributed by atoms with Gasteiger partial charge in [0.25, 0.3) is 0 Å². The molecule has 0 amide bonds. The summed E-state index contributed by atoms with van der Waals surface area (Å²) in [7, 11) is 0. The Bertz CT molecular complexity index is 256. The van der Waals surface area contributed by atoms with Crippen LogP contribution in [-0.4, -0.2) is 5.78 Å². The first kappa shape index (κ1) is 11.2. The van der Waals surface area contributed by atoms with Crippen LogP contribution in [0.15, 0.2) is 29.2 Å². The van der Waals surface area contributed by atoms with Crippen LogP contribution in [0.25, 0.3) is 0 Å². The molecule has 0 heterocycles. The molecule has 1 nitrogen and oxygen atoms in total. The fourth-order valence-electron chi connectivity index (χ4n) is 0.771. The summed E-state index contributed by atoms with van der Waals surface area (Å²) in [4.78, 5) is 11.6. The van der Waals surface area contributed by atoms with E-state index in [0.29, 0.717) is 5.56 Å². The second kappa shape index (κ2) is 5.84. The first-order chi connectivity index (χ1) is 5.72. The predicted molar refractivity (Wildman–Crippen MR) is 55.0 cm³/mol. The number of carbonyl (C=O) groups excluding carboxylic acids is 1. The second-order valence-corrected chi connectivity index (χ2v) is 2.56. The molecular weight excluding hydrogens is 168 g/mol. The highest BCUT2D eigenvalue weighted by Gasteiger charge is 2.00. The third-order valence-electron chi connectivity index (χ3n) is 1.28. The smallest absolute Gasteiger partial charge is 0.160 e. The van der Waals surface area contributed by atoms with E-state index in [1.807, 2.05) is 26.0 Å². The Hall–Kier alpha value is -0.760. The van der Waals surface area contributed by atoms with Crippen molar-refractivity contribution in [1.29, 1.82) is 0 Å². The summed E-state index contributed by atoms with van der Waals surface area (Å²) >= 11 is 4.12. The van der Waals surface area contributed by atoms with Gasteiger partial charge in [-0.05, 0) is 13.0 Å². The Balaban J connectivity index is 0.000000561. The molecule has 66 valence electrons. The van der Waals surface area contributed by atoms with Crippen LogP contribution in [0.4, 0.5) is 0 Å². The SMILES string of the molecule is CC.CC(=O)c1ccccc1S. The summed E-state index contributed by atoms with van der Waals surface area (Å²) in [6.07, 6.45) is 0. The lowest BCUT2D eigenvalue weighted by atomic mass is 10.1. The lowest BCUT2D eigenvalue weighted by molar-refractivity contribution is 0.101. The zero-order valence-corrected chi connectivity index (χ0v) is 8.56. The van der Waals surface area contributed by atoms with Crippen molar-refractivity contribution in [2.45, 2.75) is 25.7 Å². The summed E-state index contributed by atoms with van der Waals surface area (Å²) in [6.45, 7) is 5.54. The van der Waals surface area contributed by atoms with Gasteiger partial charge in [-0.1, -0.05) is 32.0 Å². The third kappa shape index (κ3) is 3.09. The van der Waals surface area contributed by atoms with Gasteiger partial charge in [-0.25, -0.2) is 0 Å². The molecule has 0 aliphatic heterocycles. The fourth-order valence-corrected chi connectivity index (χ4v) is 1.09. The van der Waals surface area contributed by atoms with Crippen LogP contribution >= 0.6 is 12.6 Å². The quantitative estimate of drug-likeness (QED) is 0.521. The van der Waals surface area contributed by atoms with Gasteiger partial charge in [-0.15, -0.1) is 12.6 Å². The molecule has 0 spiro atoms. The summed E-state index contributed by atoms with van der Waals surface area (Å²) < 4.78 is 0. The average Bonchev–Trinajstić information content (AvgIpc) is 2.08. The maximum atomic E-state index is 10.8. The molecule has 0 saturated carbocycles. The van der Waals surface area contributed by atoms with E-state index in [1.54, 1.807) is 12.1 Å². The number of carbonyl (C=O) groups is 1. The molecule has 0 aliphatic carbocycles. The van der Waals surface area contributed by atoms with Gasteiger partial charge in [-0.2, -0.15) is 0 Å². The number of thiol groups is 1. The lowest BCUT2D eigenvalue weighted by Gasteiger charge is -1.96. The minimum atomic E-state index is 0.0607. The van der Waals surface area contributed by atoms with Crippen LogP contribution in [0.1, 0.15) is 31.1 Å². The van der Waals surface area contributed by atoms with Crippen LogP contribution in [0, 0.1) is 0 Å². The van der Waals surface area contributed by atoms with Crippen LogP contribution in [-0.2, 0) is 0 Å². The third-order valence-corrected chi connectivity index (χ3v) is 1.67. The van der Waals surface area contributed by atoms with E-state index < -0.39 is 0 Å². The molecule has 0 atom stereocenters. The van der Waals surface area contributed by atoms with Crippen molar-refractivity contribution in [2.24, 2.45) is 0 Å². The Morgan fingerprint density at radius 3 is 2.08 bits per heavy atom. The normalized spacial score (nSPS) is 8.33. The number of hydrogen-bond donors (Lipinski definition) is 1. The summed E-state index contributed by atoms with van der Waals surface area (Å²) in [5.74, 6) is 0.0607. The maximum absolute atomic E-state index is 10.8. The highest BCUT2D eigenvalue weighted by Crippen LogP contribution is 2.12. The molecule has 0 aliphatic rings. The Labute approximate surface area is 79.2 Å². The fraction of sp³-hybridized carbons (Fsp3) is 0.300. The second-order valence-electron chi connectivity index (χ2n) is 2.07. The molecule has 0 aromatic heterocycles. The predicted octanol–water partition coefficient (Wildman–Crippen LogP) is 3.20. The van der Waals surface area contributed by atoms with Crippen molar-refractivity contribution < 1.29 is 4.79 Å². The standard InChI is InChI=1S/C8H8OS.C2H6/c1-6(9)7-4-2-3-5-8(7)10;1-2/h2-5,10H,1H3;1-2H3. The summed E-state index contributed by atoms with van der Waals surface area (Å²) in [6, 6.07) is 7.26. The van der Waals surface area contributed by atoms with Gasteiger partial charge in [0.2, 0.25) is 0 Å². The molecule has 0 radical (unpaired) electrons. The molecule has 0 fully saturated rings. The topological polar surface area (TPSA) is 17.1 Å². The lowest BCUT2D eigenvalue weighted by Crippen LogP contribution is -1.91. The van der Waals surface area contributed by atoms with E-state index >= 15 is 0 Å². The van der Waals surface area contributed by atoms with Gasteiger partial charge in [-0.3, -0.25) is 4.79 Å². The number of Topliss-reactive ketones (excluding diaryl/α,β-unsaturated/α-hetero) is 1. The minimum Gasteiger partial charge on any atom is -0.294 e. The molecule has 0 bridgehead atoms.